The fourth-order valence-electron chi connectivity index (χ4n) is 4.46. The standard InChI is InChI=1S/C25H20N8O4S/c1-2-19(34)32-11-8-14(13-32)29-23(35)22-21-20-16(7-10-26-24(20)38-22)33(25(36)30-21)17-6-5-15(12-27-17)37-18-4-3-9-28-31-18/h2-7,9-10,12,14H,1,8,11,13H2,(H,29,35)(H,30,36). The number of ether oxygens (including phenoxy) is 1. The molecular formula is C25H20N8O4S. The highest BCUT2D eigenvalue weighted by atomic mass is 32.1. The number of aromatic nitrogens is 4. The van der Waals surface area contributed by atoms with Crippen molar-refractivity contribution in [2.45, 2.75) is 12.5 Å². The fraction of sp³-hybridized carbons (Fsp3) is 0.160. The van der Waals surface area contributed by atoms with E-state index >= 15 is 0 Å². The zero-order chi connectivity index (χ0) is 26.2. The van der Waals surface area contributed by atoms with Crippen LogP contribution in [0, 0.1) is 0 Å². The van der Waals surface area contributed by atoms with Crippen LogP contribution in [0.3, 0.4) is 0 Å². The minimum atomic E-state index is -0.462. The minimum absolute atomic E-state index is 0.165. The number of nitrogens with zero attached hydrogens (tertiary/aromatic N) is 6. The molecular weight excluding hydrogens is 508 g/mol. The Kier molecular flexibility index (Phi) is 5.88. The Bertz CT molecular complexity index is 1570. The Labute approximate surface area is 220 Å². The predicted octanol–water partition coefficient (Wildman–Crippen LogP) is 3.47. The molecule has 190 valence electrons. The van der Waals surface area contributed by atoms with Gasteiger partial charge in [-0.1, -0.05) is 6.58 Å². The number of nitrogens with one attached hydrogen (secondary N) is 2. The van der Waals surface area contributed by atoms with Crippen molar-refractivity contribution in [3.05, 3.63) is 66.5 Å². The Hall–Kier alpha value is -4.91. The molecule has 2 N–H and O–H groups in total. The molecule has 6 heterocycles. The van der Waals surface area contributed by atoms with E-state index in [0.717, 1.165) is 0 Å². The zero-order valence-corrected chi connectivity index (χ0v) is 20.6. The molecule has 13 heteroatoms. The molecule has 0 saturated carbocycles. The van der Waals surface area contributed by atoms with Crippen LogP contribution in [0.1, 0.15) is 16.1 Å². The minimum Gasteiger partial charge on any atom is -0.436 e. The summed E-state index contributed by atoms with van der Waals surface area (Å²) in [4.78, 5) is 51.2. The van der Waals surface area contributed by atoms with Gasteiger partial charge >= 0.3 is 6.03 Å². The lowest BCUT2D eigenvalue weighted by Crippen LogP contribution is -2.39. The molecule has 0 aliphatic carbocycles. The lowest BCUT2D eigenvalue weighted by Gasteiger charge is -2.27. The van der Waals surface area contributed by atoms with Gasteiger partial charge in [0.1, 0.15) is 21.3 Å². The number of hydrogen-bond acceptors (Lipinski definition) is 9. The molecule has 0 aromatic carbocycles. The van der Waals surface area contributed by atoms with E-state index in [1.165, 1.54) is 28.5 Å². The predicted molar refractivity (Wildman–Crippen MR) is 140 cm³/mol. The second-order valence-corrected chi connectivity index (χ2v) is 9.54. The van der Waals surface area contributed by atoms with Gasteiger partial charge in [-0.15, -0.1) is 16.4 Å². The molecule has 6 rings (SSSR count). The number of urea groups is 1. The Morgan fingerprint density at radius 3 is 2.87 bits per heavy atom. The summed E-state index contributed by atoms with van der Waals surface area (Å²) in [5, 5.41) is 14.1. The van der Waals surface area contributed by atoms with Crippen LogP contribution in [0.4, 0.5) is 22.0 Å². The monoisotopic (exact) mass is 528 g/mol. The number of amides is 4. The molecule has 2 aliphatic heterocycles. The maximum absolute atomic E-state index is 13.3. The van der Waals surface area contributed by atoms with Crippen LogP contribution >= 0.6 is 11.3 Å². The van der Waals surface area contributed by atoms with Gasteiger partial charge in [0.25, 0.3) is 5.91 Å². The number of carbonyl (C=O) groups excluding carboxylic acids is 3. The number of thiophene rings is 1. The van der Waals surface area contributed by atoms with Crippen LogP contribution in [-0.4, -0.2) is 62.0 Å². The average Bonchev–Trinajstić information content (AvgIpc) is 3.55. The molecule has 2 aliphatic rings. The van der Waals surface area contributed by atoms with Crippen LogP contribution in [0.5, 0.6) is 11.6 Å². The number of pyridine rings is 2. The van der Waals surface area contributed by atoms with Crippen LogP contribution in [0.15, 0.2) is 61.6 Å². The fourth-order valence-corrected chi connectivity index (χ4v) is 5.48. The smallest absolute Gasteiger partial charge is 0.332 e. The molecule has 4 amide bonds. The van der Waals surface area contributed by atoms with Gasteiger partial charge in [0, 0.05) is 37.6 Å². The summed E-state index contributed by atoms with van der Waals surface area (Å²) in [6, 6.07) is 7.75. The molecule has 38 heavy (non-hydrogen) atoms. The van der Waals surface area contributed by atoms with E-state index in [1.54, 1.807) is 47.6 Å². The molecule has 1 unspecified atom stereocenters. The highest BCUT2D eigenvalue weighted by molar-refractivity contribution is 7.21. The van der Waals surface area contributed by atoms with Crippen LogP contribution in [0.25, 0.3) is 10.2 Å². The Morgan fingerprint density at radius 1 is 1.21 bits per heavy atom. The largest absolute Gasteiger partial charge is 0.436 e. The number of carbonyl (C=O) groups is 3. The topological polar surface area (TPSA) is 143 Å². The Balaban J connectivity index is 1.27. The zero-order valence-electron chi connectivity index (χ0n) is 19.8. The van der Waals surface area contributed by atoms with Gasteiger partial charge < -0.3 is 20.3 Å². The first-order valence-corrected chi connectivity index (χ1v) is 12.5. The van der Waals surface area contributed by atoms with Crippen molar-refractivity contribution in [1.82, 2.24) is 30.4 Å². The first-order valence-electron chi connectivity index (χ1n) is 11.7. The van der Waals surface area contributed by atoms with E-state index in [9.17, 15) is 14.4 Å². The van der Waals surface area contributed by atoms with Gasteiger partial charge in [-0.25, -0.2) is 19.7 Å². The summed E-state index contributed by atoms with van der Waals surface area (Å²) in [6.45, 7) is 4.46. The first kappa shape index (κ1) is 23.5. The summed E-state index contributed by atoms with van der Waals surface area (Å²) in [6.07, 6.45) is 6.52. The summed E-state index contributed by atoms with van der Waals surface area (Å²) in [5.74, 6) is 0.621. The van der Waals surface area contributed by atoms with Crippen LogP contribution in [0.2, 0.25) is 0 Å². The quantitative estimate of drug-likeness (QED) is 0.362. The first-order chi connectivity index (χ1) is 18.5. The normalized spacial score (nSPS) is 16.3. The summed E-state index contributed by atoms with van der Waals surface area (Å²) >= 11 is 1.19. The second-order valence-electron chi connectivity index (χ2n) is 8.55. The molecule has 1 atom stereocenters. The van der Waals surface area contributed by atoms with E-state index < -0.39 is 6.03 Å². The average molecular weight is 529 g/mol. The van der Waals surface area contributed by atoms with Crippen molar-refractivity contribution < 1.29 is 19.1 Å². The summed E-state index contributed by atoms with van der Waals surface area (Å²) in [5.41, 5.74) is 0.967. The number of anilines is 3. The SMILES string of the molecule is C=CC(=O)N1CCC(NC(=O)c2sc3nccc4c3c2NC(=O)N4c2ccc(Oc3cccnn3)cn2)C1. The molecule has 0 bridgehead atoms. The van der Waals surface area contributed by atoms with E-state index in [1.807, 2.05) is 0 Å². The van der Waals surface area contributed by atoms with Crippen LogP contribution < -0.4 is 20.3 Å². The van der Waals surface area contributed by atoms with Crippen molar-refractivity contribution in [2.24, 2.45) is 0 Å². The summed E-state index contributed by atoms with van der Waals surface area (Å²) < 4.78 is 5.64. The molecule has 1 fully saturated rings. The molecule has 0 radical (unpaired) electrons. The lowest BCUT2D eigenvalue weighted by molar-refractivity contribution is -0.125. The van der Waals surface area contributed by atoms with Crippen molar-refractivity contribution in [3.63, 3.8) is 0 Å². The lowest BCUT2D eigenvalue weighted by atomic mass is 10.1. The van der Waals surface area contributed by atoms with Crippen LogP contribution in [-0.2, 0) is 4.79 Å². The third-order valence-corrected chi connectivity index (χ3v) is 7.28. The van der Waals surface area contributed by atoms with Crippen molar-refractivity contribution in [2.75, 3.05) is 23.3 Å². The van der Waals surface area contributed by atoms with Gasteiger partial charge in [0.05, 0.1) is 23.0 Å². The third kappa shape index (κ3) is 4.18. The molecule has 12 nitrogen and oxygen atoms in total. The maximum atomic E-state index is 13.3. The third-order valence-electron chi connectivity index (χ3n) is 6.18. The van der Waals surface area contributed by atoms with E-state index in [-0.39, 0.29) is 17.9 Å². The molecule has 4 aromatic rings. The number of rotatable bonds is 6. The van der Waals surface area contributed by atoms with Gasteiger partial charge in [-0.2, -0.15) is 5.10 Å². The number of likely N-dealkylation sites (tertiary alicyclic amines) is 1. The second kappa shape index (κ2) is 9.52. The van der Waals surface area contributed by atoms with E-state index in [0.29, 0.717) is 63.4 Å². The van der Waals surface area contributed by atoms with Gasteiger partial charge in [-0.3, -0.25) is 9.59 Å². The van der Waals surface area contributed by atoms with Crippen molar-refractivity contribution in [1.29, 1.82) is 0 Å². The highest BCUT2D eigenvalue weighted by Crippen LogP contribution is 2.45. The van der Waals surface area contributed by atoms with Gasteiger partial charge in [0.2, 0.25) is 11.8 Å². The summed E-state index contributed by atoms with van der Waals surface area (Å²) in [7, 11) is 0. The Morgan fingerprint density at radius 2 is 2.11 bits per heavy atom. The van der Waals surface area contributed by atoms with Gasteiger partial charge in [-0.05, 0) is 36.8 Å². The van der Waals surface area contributed by atoms with E-state index in [2.05, 4.69) is 37.4 Å². The van der Waals surface area contributed by atoms with Crippen molar-refractivity contribution in [3.8, 4) is 11.6 Å². The maximum Gasteiger partial charge on any atom is 0.332 e. The highest BCUT2D eigenvalue weighted by Gasteiger charge is 2.34. The molecule has 1 saturated heterocycles. The number of hydrogen-bond donors (Lipinski definition) is 2. The molecule has 4 aromatic heterocycles. The molecule has 0 spiro atoms. The van der Waals surface area contributed by atoms with Gasteiger partial charge in [0.15, 0.2) is 0 Å². The van der Waals surface area contributed by atoms with Crippen molar-refractivity contribution >= 4 is 56.6 Å². The van der Waals surface area contributed by atoms with E-state index in [4.69, 9.17) is 4.74 Å².